The standard InChI is InChI=1S/C13H14FNO4/c1-19-12(18)5-4-11(17)15-6-8-2-3-10(16)13(14)9(8)7-15/h2-3,16H,4-7H2,1H3. The Morgan fingerprint density at radius 3 is 2.79 bits per heavy atom. The highest BCUT2D eigenvalue weighted by molar-refractivity contribution is 5.81. The number of amides is 1. The molecule has 1 heterocycles. The molecule has 1 amide bonds. The molecule has 0 spiro atoms. The number of hydrogen-bond donors (Lipinski definition) is 1. The van der Waals surface area contributed by atoms with Crippen LogP contribution >= 0.6 is 0 Å². The van der Waals surface area contributed by atoms with Gasteiger partial charge in [-0.15, -0.1) is 0 Å². The molecule has 1 aliphatic heterocycles. The molecule has 0 fully saturated rings. The van der Waals surface area contributed by atoms with Crippen molar-refractivity contribution in [2.45, 2.75) is 25.9 Å². The normalized spacial score (nSPS) is 13.3. The van der Waals surface area contributed by atoms with E-state index in [9.17, 15) is 19.1 Å². The Bertz CT molecular complexity index is 530. The monoisotopic (exact) mass is 267 g/mol. The number of benzene rings is 1. The first-order valence-corrected chi connectivity index (χ1v) is 5.86. The maximum absolute atomic E-state index is 13.6. The van der Waals surface area contributed by atoms with Crippen molar-refractivity contribution in [1.82, 2.24) is 4.90 Å². The molecule has 0 radical (unpaired) electrons. The lowest BCUT2D eigenvalue weighted by molar-refractivity contribution is -0.143. The number of nitrogens with zero attached hydrogens (tertiary/aromatic N) is 1. The molecule has 19 heavy (non-hydrogen) atoms. The summed E-state index contributed by atoms with van der Waals surface area (Å²) in [6.07, 6.45) is 0.0458. The molecule has 6 heteroatoms. The van der Waals surface area contributed by atoms with Gasteiger partial charge in [0.1, 0.15) is 0 Å². The number of methoxy groups -OCH3 is 1. The van der Waals surface area contributed by atoms with E-state index in [2.05, 4.69) is 4.74 Å². The van der Waals surface area contributed by atoms with Crippen molar-refractivity contribution >= 4 is 11.9 Å². The summed E-state index contributed by atoms with van der Waals surface area (Å²) in [4.78, 5) is 24.3. The third-order valence-electron chi connectivity index (χ3n) is 3.15. The van der Waals surface area contributed by atoms with Gasteiger partial charge in [0.25, 0.3) is 0 Å². The topological polar surface area (TPSA) is 66.8 Å². The molecule has 1 aliphatic rings. The van der Waals surface area contributed by atoms with Crippen molar-refractivity contribution in [3.8, 4) is 5.75 Å². The van der Waals surface area contributed by atoms with Gasteiger partial charge in [-0.1, -0.05) is 6.07 Å². The van der Waals surface area contributed by atoms with E-state index in [1.807, 2.05) is 0 Å². The van der Waals surface area contributed by atoms with Crippen molar-refractivity contribution in [3.63, 3.8) is 0 Å². The van der Waals surface area contributed by atoms with Crippen LogP contribution in [0.2, 0.25) is 0 Å². The molecule has 5 nitrogen and oxygen atoms in total. The number of ether oxygens (including phenoxy) is 1. The molecule has 0 bridgehead atoms. The second-order valence-corrected chi connectivity index (χ2v) is 4.36. The van der Waals surface area contributed by atoms with Crippen LogP contribution in [0.4, 0.5) is 4.39 Å². The average molecular weight is 267 g/mol. The molecule has 0 unspecified atom stereocenters. The lowest BCUT2D eigenvalue weighted by atomic mass is 10.1. The number of aromatic hydroxyl groups is 1. The van der Waals surface area contributed by atoms with Crippen molar-refractivity contribution in [3.05, 3.63) is 29.1 Å². The molecule has 0 atom stereocenters. The van der Waals surface area contributed by atoms with E-state index in [1.54, 1.807) is 6.07 Å². The molecule has 1 aromatic rings. The van der Waals surface area contributed by atoms with Gasteiger partial charge in [-0.25, -0.2) is 4.39 Å². The quantitative estimate of drug-likeness (QED) is 0.839. The van der Waals surface area contributed by atoms with Gasteiger partial charge in [-0.2, -0.15) is 0 Å². The first-order chi connectivity index (χ1) is 9.02. The molecule has 0 saturated carbocycles. The second-order valence-electron chi connectivity index (χ2n) is 4.36. The van der Waals surface area contributed by atoms with E-state index in [4.69, 9.17) is 0 Å². The van der Waals surface area contributed by atoms with Crippen LogP contribution in [0, 0.1) is 5.82 Å². The summed E-state index contributed by atoms with van der Waals surface area (Å²) in [6.45, 7) is 0.419. The zero-order chi connectivity index (χ0) is 14.0. The van der Waals surface area contributed by atoms with E-state index < -0.39 is 17.5 Å². The smallest absolute Gasteiger partial charge is 0.306 e. The zero-order valence-corrected chi connectivity index (χ0v) is 10.5. The summed E-state index contributed by atoms with van der Waals surface area (Å²) in [7, 11) is 1.26. The fourth-order valence-corrected chi connectivity index (χ4v) is 2.07. The number of phenols is 1. The number of halogens is 1. The van der Waals surface area contributed by atoms with Gasteiger partial charge in [0.15, 0.2) is 11.6 Å². The number of rotatable bonds is 3. The summed E-state index contributed by atoms with van der Waals surface area (Å²) in [5.74, 6) is -1.78. The maximum atomic E-state index is 13.6. The van der Waals surface area contributed by atoms with Gasteiger partial charge in [-0.3, -0.25) is 9.59 Å². The van der Waals surface area contributed by atoms with Crippen molar-refractivity contribution in [1.29, 1.82) is 0 Å². The van der Waals surface area contributed by atoms with Crippen molar-refractivity contribution in [2.24, 2.45) is 0 Å². The predicted molar refractivity (Wildman–Crippen MR) is 63.6 cm³/mol. The first-order valence-electron chi connectivity index (χ1n) is 5.86. The lowest BCUT2D eigenvalue weighted by Crippen LogP contribution is -2.25. The Morgan fingerprint density at radius 2 is 2.11 bits per heavy atom. The highest BCUT2D eigenvalue weighted by Crippen LogP contribution is 2.30. The molecule has 2 rings (SSSR count). The molecule has 0 saturated heterocycles. The van der Waals surface area contributed by atoms with Crippen LogP contribution < -0.4 is 0 Å². The second kappa shape index (κ2) is 5.26. The van der Waals surface area contributed by atoms with Crippen LogP contribution in [0.1, 0.15) is 24.0 Å². The molecule has 1 N–H and O–H groups in total. The minimum Gasteiger partial charge on any atom is -0.505 e. The number of carbonyl (C=O) groups excluding carboxylic acids is 2. The van der Waals surface area contributed by atoms with Crippen LogP contribution in [0.25, 0.3) is 0 Å². The molecule has 0 aromatic heterocycles. The van der Waals surface area contributed by atoms with Crippen molar-refractivity contribution < 1.29 is 23.8 Å². The summed E-state index contributed by atoms with van der Waals surface area (Å²) in [6, 6.07) is 2.87. The SMILES string of the molecule is COC(=O)CCC(=O)N1Cc2ccc(O)c(F)c2C1. The van der Waals surface area contributed by atoms with Crippen LogP contribution in [0.5, 0.6) is 5.75 Å². The van der Waals surface area contributed by atoms with E-state index in [-0.39, 0.29) is 25.3 Å². The number of fused-ring (bicyclic) bond motifs is 1. The van der Waals surface area contributed by atoms with Gasteiger partial charge in [-0.05, 0) is 11.6 Å². The molecular formula is C13H14FNO4. The summed E-state index contributed by atoms with van der Waals surface area (Å²) >= 11 is 0. The Kier molecular flexibility index (Phi) is 3.69. The van der Waals surface area contributed by atoms with Gasteiger partial charge < -0.3 is 14.7 Å². The van der Waals surface area contributed by atoms with Crippen LogP contribution in [0.3, 0.4) is 0 Å². The summed E-state index contributed by atoms with van der Waals surface area (Å²) < 4.78 is 18.1. The number of phenolic OH excluding ortho intramolecular Hbond substituents is 1. The molecule has 0 aliphatic carbocycles. The number of esters is 1. The van der Waals surface area contributed by atoms with Crippen LogP contribution in [0.15, 0.2) is 12.1 Å². The van der Waals surface area contributed by atoms with Crippen LogP contribution in [-0.4, -0.2) is 29.0 Å². The zero-order valence-electron chi connectivity index (χ0n) is 10.5. The highest BCUT2D eigenvalue weighted by Gasteiger charge is 2.27. The summed E-state index contributed by atoms with van der Waals surface area (Å²) in [5, 5.41) is 9.28. The van der Waals surface area contributed by atoms with E-state index >= 15 is 0 Å². The largest absolute Gasteiger partial charge is 0.505 e. The number of hydrogen-bond acceptors (Lipinski definition) is 4. The third-order valence-corrected chi connectivity index (χ3v) is 3.15. The molecule has 1 aromatic carbocycles. The summed E-state index contributed by atoms with van der Waals surface area (Å²) in [5.41, 5.74) is 1.02. The fraction of sp³-hybridized carbons (Fsp3) is 0.385. The van der Waals surface area contributed by atoms with Gasteiger partial charge in [0.2, 0.25) is 5.91 Å². The maximum Gasteiger partial charge on any atom is 0.306 e. The Morgan fingerprint density at radius 1 is 1.37 bits per heavy atom. The highest BCUT2D eigenvalue weighted by atomic mass is 19.1. The van der Waals surface area contributed by atoms with Gasteiger partial charge in [0.05, 0.1) is 13.5 Å². The first kappa shape index (κ1) is 13.3. The minimum atomic E-state index is -0.680. The van der Waals surface area contributed by atoms with Crippen LogP contribution in [-0.2, 0) is 27.4 Å². The van der Waals surface area contributed by atoms with E-state index in [0.717, 1.165) is 0 Å². The third kappa shape index (κ3) is 2.67. The average Bonchev–Trinajstić information content (AvgIpc) is 2.84. The molecule has 102 valence electrons. The Hall–Kier alpha value is -2.11. The Balaban J connectivity index is 2.02. The predicted octanol–water partition coefficient (Wildman–Crippen LogP) is 1.33. The fourth-order valence-electron chi connectivity index (χ4n) is 2.07. The number of carbonyl (C=O) groups is 2. The van der Waals surface area contributed by atoms with Gasteiger partial charge >= 0.3 is 5.97 Å². The Labute approximate surface area is 109 Å². The van der Waals surface area contributed by atoms with E-state index in [0.29, 0.717) is 17.7 Å². The molecular weight excluding hydrogens is 253 g/mol. The van der Waals surface area contributed by atoms with Gasteiger partial charge in [0, 0.05) is 25.1 Å². The van der Waals surface area contributed by atoms with Crippen molar-refractivity contribution in [2.75, 3.05) is 7.11 Å². The van der Waals surface area contributed by atoms with E-state index in [1.165, 1.54) is 18.1 Å². The minimum absolute atomic E-state index is 0.00983. The lowest BCUT2D eigenvalue weighted by Gasteiger charge is -2.14.